The predicted octanol–water partition coefficient (Wildman–Crippen LogP) is 1.43. The van der Waals surface area contributed by atoms with E-state index in [1.54, 1.807) is 0 Å². The van der Waals surface area contributed by atoms with Gasteiger partial charge >= 0.3 is 5.97 Å². The molecular weight excluding hydrogens is 494 g/mol. The molecule has 2 rings (SSSR count). The third kappa shape index (κ3) is 8.15. The van der Waals surface area contributed by atoms with Gasteiger partial charge in [0, 0.05) is 19.6 Å². The minimum Gasteiger partial charge on any atom is -0.480 e. The summed E-state index contributed by atoms with van der Waals surface area (Å²) < 4.78 is 8.41. The highest BCUT2D eigenvalue weighted by Crippen LogP contribution is 2.19. The van der Waals surface area contributed by atoms with E-state index in [9.17, 15) is 14.7 Å². The normalized spacial score (nSPS) is 17.1. The number of hydrogen-bond donors (Lipinski definition) is 4. The summed E-state index contributed by atoms with van der Waals surface area (Å²) in [5.74, 6) is -1.34. The number of carboxylic acid groups (broad SMARTS) is 1. The molecule has 2 atom stereocenters. The molecule has 10 heteroatoms. The second kappa shape index (κ2) is 13.5. The first-order chi connectivity index (χ1) is 12.9. The third-order valence-corrected chi connectivity index (χ3v) is 4.37. The van der Waals surface area contributed by atoms with Crippen molar-refractivity contribution in [1.82, 2.24) is 10.2 Å². The summed E-state index contributed by atoms with van der Waals surface area (Å²) in [6.45, 7) is 1.03. The molecule has 6 N–H and O–H groups in total. The zero-order chi connectivity index (χ0) is 19.8. The Bertz CT molecular complexity index is 677. The highest BCUT2D eigenvalue weighted by Gasteiger charge is 2.36. The van der Waals surface area contributed by atoms with Gasteiger partial charge < -0.3 is 26.8 Å². The van der Waals surface area contributed by atoms with Gasteiger partial charge in [0.25, 0.3) is 0 Å². The van der Waals surface area contributed by atoms with Crippen LogP contribution in [0.2, 0.25) is 1.41 Å². The molecule has 0 aromatic heterocycles. The summed E-state index contributed by atoms with van der Waals surface area (Å²) in [5, 5.41) is 10.6. The van der Waals surface area contributed by atoms with E-state index in [0.717, 1.165) is 5.56 Å². The number of guanidine groups is 1. The molecule has 0 radical (unpaired) electrons. The van der Waals surface area contributed by atoms with Crippen LogP contribution in [-0.2, 0) is 16.1 Å². The molecule has 1 saturated heterocycles. The van der Waals surface area contributed by atoms with Gasteiger partial charge in [0.05, 0.1) is 6.04 Å². The number of carbonyl (C=O) groups excluding carboxylic acids is 1. The highest BCUT2D eigenvalue weighted by atomic mass is 79.9. The van der Waals surface area contributed by atoms with Crippen LogP contribution < -0.4 is 16.8 Å². The molecule has 1 aliphatic rings. The second-order valence-corrected chi connectivity index (χ2v) is 6.32. The number of rotatable bonds is 9. The fourth-order valence-electron chi connectivity index (χ4n) is 3.06. The first-order valence-corrected chi connectivity index (χ1v) is 8.78. The molecule has 0 bridgehead atoms. The zero-order valence-electron chi connectivity index (χ0n) is 16.6. The maximum atomic E-state index is 13.0. The largest absolute Gasteiger partial charge is 0.480 e. The molecule has 1 amide bonds. The molecule has 0 unspecified atom stereocenters. The van der Waals surface area contributed by atoms with Crippen molar-refractivity contribution in [2.24, 2.45) is 16.5 Å². The third-order valence-electron chi connectivity index (χ3n) is 4.37. The van der Waals surface area contributed by atoms with E-state index in [-0.39, 0.29) is 52.4 Å². The van der Waals surface area contributed by atoms with Crippen LogP contribution in [0.5, 0.6) is 0 Å². The maximum Gasteiger partial charge on any atom is 0.326 e. The number of nitrogens with two attached hydrogens (primary N) is 2. The van der Waals surface area contributed by atoms with E-state index in [1.807, 2.05) is 30.3 Å². The van der Waals surface area contributed by atoms with Crippen molar-refractivity contribution >= 4 is 51.8 Å². The van der Waals surface area contributed by atoms with Gasteiger partial charge in [-0.05, 0) is 31.2 Å². The smallest absolute Gasteiger partial charge is 0.326 e. The number of hydrogen-bond acceptors (Lipinski definition) is 4. The van der Waals surface area contributed by atoms with Gasteiger partial charge in [-0.3, -0.25) is 9.79 Å². The molecular formula is C18H29Br2N5O3. The fraction of sp³-hybridized carbons (Fsp3) is 0.500. The number of aliphatic imine (C=N–C) groups is 1. The van der Waals surface area contributed by atoms with Crippen molar-refractivity contribution in [1.29, 1.82) is 0 Å². The number of amides is 1. The summed E-state index contributed by atoms with van der Waals surface area (Å²) in [5.41, 5.74) is 11.6. The molecule has 8 nitrogen and oxygen atoms in total. The summed E-state index contributed by atoms with van der Waals surface area (Å²) in [6.07, 6.45) is 1.98. The minimum atomic E-state index is -1.00. The lowest BCUT2D eigenvalue weighted by molar-refractivity contribution is -0.149. The SMILES string of the molecule is Br.Br.[2H]N(Cc1ccccc1)[C@@H](CCCN=C(N)N)C(=O)N1CCC[C@H]1C(=O)O. The Kier molecular flexibility index (Phi) is 11.8. The van der Waals surface area contributed by atoms with Crippen LogP contribution in [0.3, 0.4) is 0 Å². The number of aliphatic carboxylic acids is 1. The zero-order valence-corrected chi connectivity index (χ0v) is 19.0. The lowest BCUT2D eigenvalue weighted by Crippen LogP contribution is -2.50. The molecule has 1 aliphatic heterocycles. The summed E-state index contributed by atoms with van der Waals surface area (Å²) >= 11 is 0. The Balaban J connectivity index is 0.00000392. The topological polar surface area (TPSA) is 134 Å². The number of benzene rings is 1. The Morgan fingerprint density at radius 1 is 1.32 bits per heavy atom. The van der Waals surface area contributed by atoms with E-state index in [1.165, 1.54) is 10.2 Å². The van der Waals surface area contributed by atoms with Crippen LogP contribution in [0.15, 0.2) is 35.3 Å². The van der Waals surface area contributed by atoms with E-state index >= 15 is 0 Å². The van der Waals surface area contributed by atoms with Crippen LogP contribution in [0.1, 0.15) is 31.2 Å². The number of carbonyl (C=O) groups is 2. The van der Waals surface area contributed by atoms with Gasteiger partial charge in [-0.1, -0.05) is 30.3 Å². The Labute approximate surface area is 187 Å². The van der Waals surface area contributed by atoms with Crippen molar-refractivity contribution in [3.63, 3.8) is 0 Å². The van der Waals surface area contributed by atoms with Crippen LogP contribution >= 0.6 is 34.0 Å². The molecule has 28 heavy (non-hydrogen) atoms. The van der Waals surface area contributed by atoms with E-state index < -0.39 is 18.1 Å². The molecule has 0 spiro atoms. The highest BCUT2D eigenvalue weighted by molar-refractivity contribution is 8.93. The van der Waals surface area contributed by atoms with Crippen LogP contribution in [-0.4, -0.2) is 53.0 Å². The molecule has 158 valence electrons. The van der Waals surface area contributed by atoms with Gasteiger partial charge in [-0.15, -0.1) is 34.0 Å². The van der Waals surface area contributed by atoms with E-state index in [4.69, 9.17) is 12.9 Å². The monoisotopic (exact) mass is 522 g/mol. The van der Waals surface area contributed by atoms with Crippen molar-refractivity contribution in [3.8, 4) is 0 Å². The molecule has 1 heterocycles. The van der Waals surface area contributed by atoms with Crippen molar-refractivity contribution in [2.75, 3.05) is 13.1 Å². The predicted molar refractivity (Wildman–Crippen MR) is 120 cm³/mol. The number of nitrogens with one attached hydrogen (secondary N) is 1. The summed E-state index contributed by atoms with van der Waals surface area (Å²) in [7, 11) is 0. The lowest BCUT2D eigenvalue weighted by atomic mass is 10.1. The van der Waals surface area contributed by atoms with Gasteiger partial charge in [0.2, 0.25) is 5.91 Å². The average molecular weight is 524 g/mol. The Morgan fingerprint density at radius 3 is 2.61 bits per heavy atom. The molecule has 0 aliphatic carbocycles. The maximum absolute atomic E-state index is 13.0. The molecule has 1 fully saturated rings. The molecule has 1 aromatic rings. The molecule has 0 saturated carbocycles. The van der Waals surface area contributed by atoms with Gasteiger partial charge in [0.1, 0.15) is 7.45 Å². The van der Waals surface area contributed by atoms with Crippen LogP contribution in [0.25, 0.3) is 0 Å². The van der Waals surface area contributed by atoms with Crippen molar-refractivity contribution < 1.29 is 16.1 Å². The van der Waals surface area contributed by atoms with Gasteiger partial charge in [-0.25, -0.2) is 4.79 Å². The van der Waals surface area contributed by atoms with Crippen molar-refractivity contribution in [3.05, 3.63) is 35.9 Å². The number of halogens is 2. The van der Waals surface area contributed by atoms with Crippen LogP contribution in [0.4, 0.5) is 0 Å². The lowest BCUT2D eigenvalue weighted by Gasteiger charge is -2.27. The van der Waals surface area contributed by atoms with Gasteiger partial charge in [0.15, 0.2) is 5.96 Å². The Morgan fingerprint density at radius 2 is 2.00 bits per heavy atom. The first-order valence-electron chi connectivity index (χ1n) is 9.23. The fourth-order valence-corrected chi connectivity index (χ4v) is 3.06. The van der Waals surface area contributed by atoms with E-state index in [2.05, 4.69) is 4.99 Å². The Hall–Kier alpha value is -1.65. The summed E-state index contributed by atoms with van der Waals surface area (Å²) in [6, 6.07) is 7.84. The number of likely N-dealkylation sites (tertiary alicyclic amines) is 1. The molecule has 1 aromatic carbocycles. The van der Waals surface area contributed by atoms with Gasteiger partial charge in [-0.2, -0.15) is 0 Å². The minimum absolute atomic E-state index is 0. The van der Waals surface area contributed by atoms with Crippen LogP contribution in [0, 0.1) is 0 Å². The number of carboxylic acids is 1. The van der Waals surface area contributed by atoms with E-state index in [0.29, 0.717) is 38.8 Å². The second-order valence-electron chi connectivity index (χ2n) is 6.32. The standard InChI is InChI=1S/C18H27N5O3.2BrH/c19-18(20)21-10-4-8-14(22-12-13-6-2-1-3-7-13)16(24)23-11-5-9-15(23)17(25)26;;/h1-3,6-7,14-15,22H,4-5,8-12H2,(H,25,26)(H4,19,20,21);2*1H/t14-,15-;;/m0../s1/i/hD. The quantitative estimate of drug-likeness (QED) is 0.220. The summed E-state index contributed by atoms with van der Waals surface area (Å²) in [4.78, 5) is 29.8. The first kappa shape index (κ1) is 24.4. The number of nitrogens with zero attached hydrogens (tertiary/aromatic N) is 2. The van der Waals surface area contributed by atoms with Crippen molar-refractivity contribution in [2.45, 2.75) is 44.3 Å². The average Bonchev–Trinajstić information content (AvgIpc) is 3.12.